The highest BCUT2D eigenvalue weighted by atomic mass is 16.5. The zero-order chi connectivity index (χ0) is 15.4. The van der Waals surface area contributed by atoms with Gasteiger partial charge < -0.3 is 5.11 Å². The van der Waals surface area contributed by atoms with Crippen molar-refractivity contribution in [3.8, 4) is 0 Å². The van der Waals surface area contributed by atoms with Crippen LogP contribution < -0.4 is 0 Å². The fraction of sp³-hybridized carbons (Fsp3) is 0.381. The van der Waals surface area contributed by atoms with Gasteiger partial charge >= 0.3 is 0 Å². The maximum Gasteiger partial charge on any atom is 0.283 e. The first-order valence-corrected chi connectivity index (χ1v) is 8.66. The highest BCUT2D eigenvalue weighted by Gasteiger charge is 2.66. The molecular weight excluding hydrogens is 284 g/mol. The number of hydrogen-bond acceptors (Lipinski definition) is 2. The van der Waals surface area contributed by atoms with E-state index in [9.17, 15) is 5.11 Å². The van der Waals surface area contributed by atoms with Crippen LogP contribution in [0.15, 0.2) is 54.6 Å². The standard InChI is InChI=1S/C21H21O2/c22-21(11-6-12-21)20-19-16-10-5-4-9-15(16)18(23-20)13-17(19)14-7-2-1-3-8-14/h1-5,7-10,17-19,22H,6,11-13H2/q+1/t17?,18?,19-/m0/s1. The van der Waals surface area contributed by atoms with E-state index in [1.54, 1.807) is 0 Å². The topological polar surface area (TPSA) is 29.5 Å². The normalized spacial score (nSPS) is 30.7. The van der Waals surface area contributed by atoms with E-state index in [2.05, 4.69) is 54.6 Å². The summed E-state index contributed by atoms with van der Waals surface area (Å²) < 4.78 is 6.34. The van der Waals surface area contributed by atoms with Crippen molar-refractivity contribution < 1.29 is 9.84 Å². The summed E-state index contributed by atoms with van der Waals surface area (Å²) in [6.45, 7) is 0. The highest BCUT2D eigenvalue weighted by molar-refractivity contribution is 5.46. The second-order valence-electron chi connectivity index (χ2n) is 7.22. The fourth-order valence-corrected chi connectivity index (χ4v) is 4.65. The van der Waals surface area contributed by atoms with Crippen molar-refractivity contribution >= 4 is 0 Å². The van der Waals surface area contributed by atoms with Gasteiger partial charge in [-0.2, -0.15) is 4.74 Å². The van der Waals surface area contributed by atoms with Crippen LogP contribution in [0.1, 0.15) is 60.3 Å². The molecule has 1 saturated heterocycles. The van der Waals surface area contributed by atoms with Crippen LogP contribution in [-0.2, 0) is 4.74 Å². The number of aliphatic hydroxyl groups is 1. The second-order valence-corrected chi connectivity index (χ2v) is 7.22. The largest absolute Gasteiger partial charge is 0.348 e. The molecule has 2 aromatic carbocycles. The van der Waals surface area contributed by atoms with Gasteiger partial charge in [0.25, 0.3) is 6.10 Å². The summed E-state index contributed by atoms with van der Waals surface area (Å²) in [5.41, 5.74) is 3.33. The van der Waals surface area contributed by atoms with Gasteiger partial charge in [0.15, 0.2) is 5.92 Å². The molecular formula is C21H21O2+. The zero-order valence-electron chi connectivity index (χ0n) is 13.1. The summed E-state index contributed by atoms with van der Waals surface area (Å²) in [5.74, 6) is 0.591. The fourth-order valence-electron chi connectivity index (χ4n) is 4.65. The lowest BCUT2D eigenvalue weighted by Gasteiger charge is -2.46. The number of rotatable bonds is 2. The molecule has 2 fully saturated rings. The molecule has 1 saturated carbocycles. The smallest absolute Gasteiger partial charge is 0.283 e. The molecule has 116 valence electrons. The molecule has 0 aromatic heterocycles. The molecule has 0 radical (unpaired) electrons. The van der Waals surface area contributed by atoms with Gasteiger partial charge in [-0.25, -0.2) is 0 Å². The number of benzene rings is 2. The molecule has 0 amide bonds. The van der Waals surface area contributed by atoms with Crippen LogP contribution in [0.3, 0.4) is 0 Å². The number of fused-ring (bicyclic) bond motifs is 2. The molecule has 2 aromatic rings. The third-order valence-electron chi connectivity index (χ3n) is 5.97. The minimum absolute atomic E-state index is 0.0843. The maximum atomic E-state index is 11.0. The summed E-state index contributed by atoms with van der Waals surface area (Å²) in [4.78, 5) is 0. The average Bonchev–Trinajstić information content (AvgIpc) is 2.60. The third-order valence-corrected chi connectivity index (χ3v) is 5.97. The van der Waals surface area contributed by atoms with Crippen molar-refractivity contribution in [2.45, 2.75) is 49.2 Å². The summed E-state index contributed by atoms with van der Waals surface area (Å²) in [7, 11) is 0. The van der Waals surface area contributed by atoms with Gasteiger partial charge in [-0.3, -0.25) is 0 Å². The Morgan fingerprint density at radius 3 is 2.35 bits per heavy atom. The third kappa shape index (κ3) is 1.92. The lowest BCUT2D eigenvalue weighted by molar-refractivity contribution is -0.145. The molecule has 2 nitrogen and oxygen atoms in total. The van der Waals surface area contributed by atoms with Crippen LogP contribution in [-0.4, -0.2) is 10.7 Å². The van der Waals surface area contributed by atoms with Crippen molar-refractivity contribution in [2.24, 2.45) is 0 Å². The molecule has 6 rings (SSSR count). The van der Waals surface area contributed by atoms with E-state index in [0.717, 1.165) is 31.8 Å². The predicted octanol–water partition coefficient (Wildman–Crippen LogP) is 4.48. The van der Waals surface area contributed by atoms with Crippen LogP contribution in [0.25, 0.3) is 0 Å². The summed E-state index contributed by atoms with van der Waals surface area (Å²) in [6, 6.07) is 19.4. The molecule has 3 atom stereocenters. The lowest BCUT2D eigenvalue weighted by Crippen LogP contribution is -2.52. The Kier molecular flexibility index (Phi) is 2.88. The van der Waals surface area contributed by atoms with Gasteiger partial charge in [0.2, 0.25) is 5.60 Å². The molecule has 2 heteroatoms. The van der Waals surface area contributed by atoms with Gasteiger partial charge in [0, 0.05) is 24.3 Å². The van der Waals surface area contributed by atoms with Gasteiger partial charge in [-0.05, 0) is 24.0 Å². The van der Waals surface area contributed by atoms with Crippen molar-refractivity contribution in [3.63, 3.8) is 0 Å². The van der Waals surface area contributed by atoms with Crippen LogP contribution in [0.5, 0.6) is 0 Å². The summed E-state index contributed by atoms with van der Waals surface area (Å²) >= 11 is 0. The van der Waals surface area contributed by atoms with Crippen LogP contribution in [0.2, 0.25) is 0 Å². The molecule has 23 heavy (non-hydrogen) atoms. The molecule has 2 aliphatic carbocycles. The van der Waals surface area contributed by atoms with E-state index in [1.165, 1.54) is 16.7 Å². The van der Waals surface area contributed by atoms with Crippen molar-refractivity contribution in [3.05, 3.63) is 77.4 Å². The first-order valence-electron chi connectivity index (χ1n) is 8.66. The molecule has 2 aliphatic heterocycles. The molecule has 2 heterocycles. The van der Waals surface area contributed by atoms with Crippen molar-refractivity contribution in [2.75, 3.05) is 0 Å². The van der Waals surface area contributed by atoms with E-state index in [-0.39, 0.29) is 12.0 Å². The predicted molar refractivity (Wildman–Crippen MR) is 88.9 cm³/mol. The van der Waals surface area contributed by atoms with Crippen molar-refractivity contribution in [1.29, 1.82) is 0 Å². The number of ether oxygens (including phenoxy) is 1. The zero-order valence-corrected chi connectivity index (χ0v) is 13.1. The SMILES string of the molecule is OC1([C+]2OC3CC(c4ccccc4)[C@@H]2c2ccccc23)CCC1. The van der Waals surface area contributed by atoms with Crippen molar-refractivity contribution in [1.82, 2.24) is 0 Å². The highest BCUT2D eigenvalue weighted by Crippen LogP contribution is 2.62. The summed E-state index contributed by atoms with van der Waals surface area (Å²) in [6.07, 6.45) is 4.81. The first kappa shape index (κ1) is 13.6. The molecule has 1 N–H and O–H groups in total. The Morgan fingerprint density at radius 1 is 0.957 bits per heavy atom. The first-order chi connectivity index (χ1) is 11.3. The average molecular weight is 305 g/mol. The lowest BCUT2D eigenvalue weighted by atomic mass is 9.60. The van der Waals surface area contributed by atoms with Gasteiger partial charge in [0.1, 0.15) is 6.10 Å². The molecule has 2 unspecified atom stereocenters. The van der Waals surface area contributed by atoms with Crippen LogP contribution in [0, 0.1) is 6.10 Å². The quantitative estimate of drug-likeness (QED) is 0.829. The van der Waals surface area contributed by atoms with E-state index in [1.807, 2.05) is 0 Å². The van der Waals surface area contributed by atoms with Gasteiger partial charge in [-0.15, -0.1) is 0 Å². The Hall–Kier alpha value is -1.77. The molecule has 2 bridgehead atoms. The number of hydrogen-bond donors (Lipinski definition) is 1. The van der Waals surface area contributed by atoms with E-state index in [0.29, 0.717) is 5.92 Å². The molecule has 4 aliphatic rings. The Morgan fingerprint density at radius 2 is 1.65 bits per heavy atom. The van der Waals surface area contributed by atoms with Gasteiger partial charge in [0.05, 0.1) is 0 Å². The Bertz CT molecular complexity index is 720. The Labute approximate surface area is 137 Å². The van der Waals surface area contributed by atoms with Gasteiger partial charge in [-0.1, -0.05) is 54.6 Å². The summed E-state index contributed by atoms with van der Waals surface area (Å²) in [5, 5.41) is 11.0. The van der Waals surface area contributed by atoms with E-state index < -0.39 is 5.60 Å². The maximum absolute atomic E-state index is 11.0. The van der Waals surface area contributed by atoms with Crippen LogP contribution >= 0.6 is 0 Å². The van der Waals surface area contributed by atoms with E-state index in [4.69, 9.17) is 4.74 Å². The molecule has 0 spiro atoms. The van der Waals surface area contributed by atoms with E-state index >= 15 is 0 Å². The van der Waals surface area contributed by atoms with Crippen LogP contribution in [0.4, 0.5) is 0 Å². The Balaban J connectivity index is 1.63. The minimum Gasteiger partial charge on any atom is -0.348 e. The monoisotopic (exact) mass is 305 g/mol. The minimum atomic E-state index is -0.704. The second kappa shape index (κ2) is 4.86.